The standard InChI is InChI=1S/C13H16F3N3O2S/c1-8(20)10-6-22-12(17-10)18-11(21)9-2-4-19(5-3-9)7-13(14,15)16/h6,9H,2-5,7H2,1H3,(H,17,18,21). The lowest BCUT2D eigenvalue weighted by Crippen LogP contribution is -2.42. The number of anilines is 1. The van der Waals surface area contributed by atoms with Gasteiger partial charge in [0.2, 0.25) is 5.91 Å². The van der Waals surface area contributed by atoms with Crippen LogP contribution in [0.1, 0.15) is 30.3 Å². The Kier molecular flexibility index (Phi) is 5.17. The summed E-state index contributed by atoms with van der Waals surface area (Å²) < 4.78 is 36.9. The van der Waals surface area contributed by atoms with Gasteiger partial charge in [-0.15, -0.1) is 11.3 Å². The van der Waals surface area contributed by atoms with Gasteiger partial charge in [0.05, 0.1) is 6.54 Å². The van der Waals surface area contributed by atoms with E-state index in [1.165, 1.54) is 11.8 Å². The Labute approximate surface area is 129 Å². The first-order valence-corrected chi connectivity index (χ1v) is 7.69. The van der Waals surface area contributed by atoms with E-state index in [0.717, 1.165) is 11.3 Å². The van der Waals surface area contributed by atoms with Crippen LogP contribution < -0.4 is 5.32 Å². The number of Topliss-reactive ketones (excluding diaryl/α,β-unsaturated/α-hetero) is 1. The third-order valence-electron chi connectivity index (χ3n) is 3.46. The monoisotopic (exact) mass is 335 g/mol. The first-order valence-electron chi connectivity index (χ1n) is 6.81. The van der Waals surface area contributed by atoms with Crippen LogP contribution in [0, 0.1) is 5.92 Å². The Hall–Kier alpha value is -1.48. The Morgan fingerprint density at radius 3 is 2.55 bits per heavy atom. The highest BCUT2D eigenvalue weighted by atomic mass is 32.1. The maximum atomic E-state index is 12.3. The SMILES string of the molecule is CC(=O)c1csc(NC(=O)C2CCN(CC(F)(F)F)CC2)n1. The van der Waals surface area contributed by atoms with E-state index in [-0.39, 0.29) is 30.7 Å². The van der Waals surface area contributed by atoms with Gasteiger partial charge in [-0.25, -0.2) is 4.98 Å². The number of carbonyl (C=O) groups is 2. The lowest BCUT2D eigenvalue weighted by atomic mass is 9.96. The minimum atomic E-state index is -4.21. The molecule has 1 fully saturated rings. The molecule has 0 radical (unpaired) electrons. The average Bonchev–Trinajstić information content (AvgIpc) is 2.86. The first kappa shape index (κ1) is 16.9. The summed E-state index contributed by atoms with van der Waals surface area (Å²) in [6, 6.07) is 0. The number of alkyl halides is 3. The topological polar surface area (TPSA) is 62.3 Å². The summed E-state index contributed by atoms with van der Waals surface area (Å²) in [7, 11) is 0. The lowest BCUT2D eigenvalue weighted by Gasteiger charge is -2.31. The summed E-state index contributed by atoms with van der Waals surface area (Å²) in [6.45, 7) is 0.940. The van der Waals surface area contributed by atoms with Gasteiger partial charge in [0.25, 0.3) is 0 Å². The third kappa shape index (κ3) is 4.77. The summed E-state index contributed by atoms with van der Waals surface area (Å²) in [5.74, 6) is -0.762. The maximum absolute atomic E-state index is 12.3. The second-order valence-corrected chi connectivity index (χ2v) is 6.11. The zero-order chi connectivity index (χ0) is 16.3. The van der Waals surface area contributed by atoms with E-state index in [4.69, 9.17) is 0 Å². The van der Waals surface area contributed by atoms with Crippen LogP contribution in [-0.2, 0) is 4.79 Å². The van der Waals surface area contributed by atoms with E-state index in [1.54, 1.807) is 5.38 Å². The van der Waals surface area contributed by atoms with Gasteiger partial charge in [-0.3, -0.25) is 14.5 Å². The predicted molar refractivity (Wildman–Crippen MR) is 76.0 cm³/mol. The van der Waals surface area contributed by atoms with Crippen LogP contribution in [-0.4, -0.2) is 47.4 Å². The molecule has 0 aliphatic carbocycles. The van der Waals surface area contributed by atoms with E-state index < -0.39 is 12.7 Å². The van der Waals surface area contributed by atoms with Crippen molar-refractivity contribution in [1.29, 1.82) is 0 Å². The van der Waals surface area contributed by atoms with Crippen LogP contribution in [0.15, 0.2) is 5.38 Å². The van der Waals surface area contributed by atoms with Crippen LogP contribution in [0.5, 0.6) is 0 Å². The van der Waals surface area contributed by atoms with Gasteiger partial charge in [0.1, 0.15) is 5.69 Å². The second-order valence-electron chi connectivity index (χ2n) is 5.25. The third-order valence-corrected chi connectivity index (χ3v) is 4.21. The minimum absolute atomic E-state index is 0.183. The molecular weight excluding hydrogens is 319 g/mol. The smallest absolute Gasteiger partial charge is 0.302 e. The van der Waals surface area contributed by atoms with Crippen molar-refractivity contribution in [2.24, 2.45) is 5.92 Å². The van der Waals surface area contributed by atoms with Gasteiger partial charge >= 0.3 is 6.18 Å². The van der Waals surface area contributed by atoms with Gasteiger partial charge in [-0.1, -0.05) is 0 Å². The Bertz CT molecular complexity index is 551. The summed E-state index contributed by atoms with van der Waals surface area (Å²) in [5, 5.41) is 4.53. The van der Waals surface area contributed by atoms with Crippen molar-refractivity contribution in [2.45, 2.75) is 25.9 Å². The van der Waals surface area contributed by atoms with Crippen molar-refractivity contribution < 1.29 is 22.8 Å². The van der Waals surface area contributed by atoms with E-state index in [9.17, 15) is 22.8 Å². The second kappa shape index (κ2) is 6.74. The lowest BCUT2D eigenvalue weighted by molar-refractivity contribution is -0.149. The van der Waals surface area contributed by atoms with Crippen molar-refractivity contribution >= 4 is 28.2 Å². The van der Waals surface area contributed by atoms with E-state index in [2.05, 4.69) is 10.3 Å². The fourth-order valence-corrected chi connectivity index (χ4v) is 3.06. The van der Waals surface area contributed by atoms with Gasteiger partial charge in [0, 0.05) is 18.2 Å². The quantitative estimate of drug-likeness (QED) is 0.859. The molecule has 1 saturated heterocycles. The Morgan fingerprint density at radius 1 is 1.41 bits per heavy atom. The number of ketones is 1. The summed E-state index contributed by atoms with van der Waals surface area (Å²) in [6.07, 6.45) is -3.45. The summed E-state index contributed by atoms with van der Waals surface area (Å²) in [5.41, 5.74) is 0.292. The van der Waals surface area contributed by atoms with Crippen LogP contribution in [0.25, 0.3) is 0 Å². The minimum Gasteiger partial charge on any atom is -0.302 e. The molecule has 0 spiro atoms. The fourth-order valence-electron chi connectivity index (χ4n) is 2.31. The fraction of sp³-hybridized carbons (Fsp3) is 0.615. The molecule has 0 saturated carbocycles. The number of hydrogen-bond donors (Lipinski definition) is 1. The molecule has 1 aliphatic heterocycles. The molecule has 1 N–H and O–H groups in total. The van der Waals surface area contributed by atoms with Crippen LogP contribution in [0.2, 0.25) is 0 Å². The molecule has 1 aromatic rings. The van der Waals surface area contributed by atoms with Crippen LogP contribution >= 0.6 is 11.3 Å². The van der Waals surface area contributed by atoms with E-state index in [0.29, 0.717) is 23.7 Å². The number of piperidine rings is 1. The average molecular weight is 335 g/mol. The number of carbonyl (C=O) groups excluding carboxylic acids is 2. The van der Waals surface area contributed by atoms with Crippen molar-refractivity contribution in [3.05, 3.63) is 11.1 Å². The van der Waals surface area contributed by atoms with Gasteiger partial charge in [0.15, 0.2) is 10.9 Å². The Morgan fingerprint density at radius 2 is 2.05 bits per heavy atom. The molecule has 2 rings (SSSR count). The molecule has 5 nitrogen and oxygen atoms in total. The molecule has 9 heteroatoms. The highest BCUT2D eigenvalue weighted by Crippen LogP contribution is 2.24. The molecule has 1 amide bonds. The normalized spacial score (nSPS) is 17.5. The highest BCUT2D eigenvalue weighted by Gasteiger charge is 2.34. The number of nitrogens with zero attached hydrogens (tertiary/aromatic N) is 2. The van der Waals surface area contributed by atoms with E-state index in [1.807, 2.05) is 0 Å². The molecular formula is C13H16F3N3O2S. The van der Waals surface area contributed by atoms with E-state index >= 15 is 0 Å². The molecule has 0 bridgehead atoms. The largest absolute Gasteiger partial charge is 0.401 e. The number of rotatable bonds is 4. The molecule has 0 atom stereocenters. The molecule has 2 heterocycles. The van der Waals surface area contributed by atoms with Gasteiger partial charge < -0.3 is 5.32 Å². The van der Waals surface area contributed by atoms with Gasteiger partial charge in [-0.05, 0) is 25.9 Å². The molecule has 22 heavy (non-hydrogen) atoms. The molecule has 1 aromatic heterocycles. The number of thiazole rings is 1. The van der Waals surface area contributed by atoms with Gasteiger partial charge in [-0.2, -0.15) is 13.2 Å². The van der Waals surface area contributed by atoms with Crippen molar-refractivity contribution in [1.82, 2.24) is 9.88 Å². The molecule has 0 unspecified atom stereocenters. The summed E-state index contributed by atoms with van der Waals surface area (Å²) >= 11 is 1.16. The predicted octanol–water partition coefficient (Wildman–Crippen LogP) is 2.56. The van der Waals surface area contributed by atoms with Crippen molar-refractivity contribution in [3.63, 3.8) is 0 Å². The number of amides is 1. The molecule has 122 valence electrons. The molecule has 0 aromatic carbocycles. The van der Waals surface area contributed by atoms with Crippen LogP contribution in [0.3, 0.4) is 0 Å². The first-order chi connectivity index (χ1) is 10.2. The maximum Gasteiger partial charge on any atom is 0.401 e. The van der Waals surface area contributed by atoms with Crippen molar-refractivity contribution in [2.75, 3.05) is 25.0 Å². The number of nitrogens with one attached hydrogen (secondary N) is 1. The zero-order valence-corrected chi connectivity index (χ0v) is 12.8. The summed E-state index contributed by atoms with van der Waals surface area (Å²) in [4.78, 5) is 28.5. The number of aromatic nitrogens is 1. The molecule has 1 aliphatic rings. The highest BCUT2D eigenvalue weighted by molar-refractivity contribution is 7.14. The zero-order valence-electron chi connectivity index (χ0n) is 11.9. The number of likely N-dealkylation sites (tertiary alicyclic amines) is 1. The number of hydrogen-bond acceptors (Lipinski definition) is 5. The van der Waals surface area contributed by atoms with Crippen molar-refractivity contribution in [3.8, 4) is 0 Å². The van der Waals surface area contributed by atoms with Crippen LogP contribution in [0.4, 0.5) is 18.3 Å². The Balaban J connectivity index is 1.83. The number of halogens is 3.